The van der Waals surface area contributed by atoms with Crippen LogP contribution in [0.2, 0.25) is 0 Å². The van der Waals surface area contributed by atoms with Gasteiger partial charge >= 0.3 is 0 Å². The third-order valence-corrected chi connectivity index (χ3v) is 7.60. The van der Waals surface area contributed by atoms with Crippen LogP contribution < -0.4 is 0 Å². The van der Waals surface area contributed by atoms with Gasteiger partial charge in [-0.2, -0.15) is 16.4 Å². The number of nitrogens with zero attached hydrogens (tertiary/aromatic N) is 4. The Morgan fingerprint density at radius 2 is 1.74 bits per heavy atom. The van der Waals surface area contributed by atoms with Crippen LogP contribution in [0.4, 0.5) is 0 Å². The van der Waals surface area contributed by atoms with E-state index in [2.05, 4.69) is 82.9 Å². The number of thiophene rings is 1. The van der Waals surface area contributed by atoms with Crippen LogP contribution in [0, 0.1) is 0 Å². The highest BCUT2D eigenvalue weighted by atomic mass is 32.1. The molecule has 0 amide bonds. The molecule has 0 radical (unpaired) electrons. The maximum Gasteiger partial charge on any atom is 0.0712 e. The minimum absolute atomic E-state index is 0.197. The van der Waals surface area contributed by atoms with Crippen molar-refractivity contribution in [1.82, 2.24) is 25.0 Å². The summed E-state index contributed by atoms with van der Waals surface area (Å²) < 4.78 is 0. The fraction of sp³-hybridized carbons (Fsp3) is 0.500. The van der Waals surface area contributed by atoms with Crippen LogP contribution in [0.15, 0.2) is 47.4 Å². The van der Waals surface area contributed by atoms with E-state index in [1.54, 1.807) is 11.3 Å². The van der Waals surface area contributed by atoms with Crippen molar-refractivity contribution in [2.45, 2.75) is 51.4 Å². The molecule has 0 fully saturated rings. The smallest absolute Gasteiger partial charge is 0.0712 e. The summed E-state index contributed by atoms with van der Waals surface area (Å²) in [5.74, 6) is 0. The zero-order valence-electron chi connectivity index (χ0n) is 21.2. The van der Waals surface area contributed by atoms with Gasteiger partial charge in [0.2, 0.25) is 0 Å². The number of aromatic amines is 1. The molecule has 1 N–H and O–H groups in total. The highest BCUT2D eigenvalue weighted by Crippen LogP contribution is 2.46. The first-order valence-electron chi connectivity index (χ1n) is 12.7. The average Bonchev–Trinajstić information content (AvgIpc) is 3.52. The Labute approximate surface area is 208 Å². The Kier molecular flexibility index (Phi) is 8.35. The molecule has 3 aromatic heterocycles. The zero-order chi connectivity index (χ0) is 24.0. The number of H-pyrrole nitrogens is 1. The average molecular weight is 478 g/mol. The van der Waals surface area contributed by atoms with Crippen LogP contribution in [0.1, 0.15) is 61.2 Å². The lowest BCUT2D eigenvalue weighted by molar-refractivity contribution is 0.281. The van der Waals surface area contributed by atoms with Crippen molar-refractivity contribution in [3.05, 3.63) is 75.5 Å². The zero-order valence-corrected chi connectivity index (χ0v) is 22.0. The lowest BCUT2D eigenvalue weighted by Crippen LogP contribution is -2.32. The second kappa shape index (κ2) is 11.4. The van der Waals surface area contributed by atoms with Crippen LogP contribution in [0.5, 0.6) is 0 Å². The number of likely N-dealkylation sites (N-methyl/N-ethyl adjacent to an activating group) is 1. The van der Waals surface area contributed by atoms with Gasteiger partial charge in [-0.3, -0.25) is 10.1 Å². The number of fused-ring (bicyclic) bond motifs is 1. The molecule has 1 atom stereocenters. The lowest BCUT2D eigenvalue weighted by atomic mass is 9.67. The third-order valence-electron chi connectivity index (χ3n) is 6.92. The normalized spacial score (nSPS) is 17.9. The SMILES string of the molecule is CCCN(CCC)CCC1=CC(c2ccncc2)(c2ccsc2)Cc2[nH]nc(CCN(C)C)c21. The molecule has 1 aliphatic carbocycles. The summed E-state index contributed by atoms with van der Waals surface area (Å²) in [4.78, 5) is 9.17. The summed E-state index contributed by atoms with van der Waals surface area (Å²) in [6.07, 6.45) is 11.7. The van der Waals surface area contributed by atoms with E-state index in [0.717, 1.165) is 45.4 Å². The largest absolute Gasteiger partial charge is 0.309 e. The second-order valence-corrected chi connectivity index (χ2v) is 10.5. The molecule has 0 saturated carbocycles. The molecule has 0 saturated heterocycles. The molecular formula is C28H39N5S. The van der Waals surface area contributed by atoms with Gasteiger partial charge in [-0.25, -0.2) is 0 Å². The molecule has 1 unspecified atom stereocenters. The number of nitrogens with one attached hydrogen (secondary N) is 1. The summed E-state index contributed by atoms with van der Waals surface area (Å²) in [7, 11) is 4.27. The molecule has 1 aliphatic rings. The van der Waals surface area contributed by atoms with Gasteiger partial charge in [-0.1, -0.05) is 19.9 Å². The van der Waals surface area contributed by atoms with Gasteiger partial charge in [-0.05, 0) is 92.1 Å². The number of pyridine rings is 1. The molecule has 5 nitrogen and oxygen atoms in total. The van der Waals surface area contributed by atoms with E-state index in [4.69, 9.17) is 5.10 Å². The van der Waals surface area contributed by atoms with E-state index in [0.29, 0.717) is 0 Å². The molecule has 3 aromatic rings. The first kappa shape index (κ1) is 24.8. The van der Waals surface area contributed by atoms with Gasteiger partial charge in [0.25, 0.3) is 0 Å². The van der Waals surface area contributed by atoms with Crippen molar-refractivity contribution < 1.29 is 0 Å². The fourth-order valence-corrected chi connectivity index (χ4v) is 6.03. The first-order valence-corrected chi connectivity index (χ1v) is 13.6. The van der Waals surface area contributed by atoms with E-state index in [1.165, 1.54) is 46.5 Å². The number of aromatic nitrogens is 3. The van der Waals surface area contributed by atoms with Crippen LogP contribution in [0.3, 0.4) is 0 Å². The molecule has 34 heavy (non-hydrogen) atoms. The summed E-state index contributed by atoms with van der Waals surface area (Å²) in [5, 5.41) is 12.8. The van der Waals surface area contributed by atoms with Crippen molar-refractivity contribution in [2.75, 3.05) is 40.3 Å². The summed E-state index contributed by atoms with van der Waals surface area (Å²) in [6.45, 7) is 8.96. The molecule has 0 spiro atoms. The van der Waals surface area contributed by atoms with Gasteiger partial charge in [-0.15, -0.1) is 0 Å². The van der Waals surface area contributed by atoms with E-state index in [1.807, 2.05) is 12.4 Å². The second-order valence-electron chi connectivity index (χ2n) is 9.73. The van der Waals surface area contributed by atoms with Crippen LogP contribution in [-0.2, 0) is 18.3 Å². The predicted octanol–water partition coefficient (Wildman–Crippen LogP) is 5.41. The molecule has 4 rings (SSSR count). The Bertz CT molecular complexity index is 1050. The molecule has 0 aromatic carbocycles. The summed E-state index contributed by atoms with van der Waals surface area (Å²) in [6, 6.07) is 6.65. The van der Waals surface area contributed by atoms with Gasteiger partial charge in [0.1, 0.15) is 0 Å². The Hall–Kier alpha value is -2.28. The Balaban J connectivity index is 1.78. The van der Waals surface area contributed by atoms with Crippen LogP contribution >= 0.6 is 11.3 Å². The molecular weight excluding hydrogens is 438 g/mol. The number of hydrogen-bond acceptors (Lipinski definition) is 5. The summed E-state index contributed by atoms with van der Waals surface area (Å²) in [5.41, 5.74) is 7.74. The standard InChI is InChI=1S/C28H39N5S/c1-5-14-33(15-6-2)17-9-22-19-28(24-11-18-34-21-24,23-7-12-29-13-8-23)20-26-27(22)25(30-31-26)10-16-32(3)4/h7-8,11-13,18-19,21H,5-6,9-10,14-17,20H2,1-4H3,(H,30,31). The topological polar surface area (TPSA) is 48.1 Å². The molecule has 0 aliphatic heterocycles. The number of rotatable bonds is 12. The van der Waals surface area contributed by atoms with Crippen molar-refractivity contribution in [3.63, 3.8) is 0 Å². The van der Waals surface area contributed by atoms with E-state index >= 15 is 0 Å². The van der Waals surface area contributed by atoms with E-state index < -0.39 is 0 Å². The van der Waals surface area contributed by atoms with E-state index in [-0.39, 0.29) is 5.41 Å². The van der Waals surface area contributed by atoms with Crippen molar-refractivity contribution in [3.8, 4) is 0 Å². The quantitative estimate of drug-likeness (QED) is 0.379. The Morgan fingerprint density at radius 1 is 0.971 bits per heavy atom. The fourth-order valence-electron chi connectivity index (χ4n) is 5.29. The van der Waals surface area contributed by atoms with Crippen molar-refractivity contribution in [2.24, 2.45) is 0 Å². The van der Waals surface area contributed by atoms with Gasteiger partial charge in [0, 0.05) is 55.0 Å². The number of allylic oxidation sites excluding steroid dienone is 1. The molecule has 0 bridgehead atoms. The summed E-state index contributed by atoms with van der Waals surface area (Å²) >= 11 is 1.77. The van der Waals surface area contributed by atoms with Crippen LogP contribution in [0.25, 0.3) is 5.57 Å². The highest BCUT2D eigenvalue weighted by molar-refractivity contribution is 7.08. The maximum absolute atomic E-state index is 4.84. The predicted molar refractivity (Wildman–Crippen MR) is 144 cm³/mol. The molecule has 3 heterocycles. The van der Waals surface area contributed by atoms with Gasteiger partial charge in [0.05, 0.1) is 5.69 Å². The van der Waals surface area contributed by atoms with Gasteiger partial charge < -0.3 is 9.80 Å². The minimum Gasteiger partial charge on any atom is -0.309 e. The molecule has 182 valence electrons. The van der Waals surface area contributed by atoms with E-state index in [9.17, 15) is 0 Å². The Morgan fingerprint density at radius 3 is 2.38 bits per heavy atom. The molecule has 6 heteroatoms. The lowest BCUT2D eigenvalue weighted by Gasteiger charge is -2.36. The van der Waals surface area contributed by atoms with Crippen LogP contribution in [-0.4, -0.2) is 65.3 Å². The monoisotopic (exact) mass is 477 g/mol. The maximum atomic E-state index is 4.84. The van der Waals surface area contributed by atoms with Crippen molar-refractivity contribution in [1.29, 1.82) is 0 Å². The highest BCUT2D eigenvalue weighted by Gasteiger charge is 2.39. The third kappa shape index (κ3) is 5.35. The minimum atomic E-state index is -0.197. The van der Waals surface area contributed by atoms with Crippen molar-refractivity contribution >= 4 is 16.9 Å². The first-order chi connectivity index (χ1) is 16.6. The number of hydrogen-bond donors (Lipinski definition) is 1. The van der Waals surface area contributed by atoms with Gasteiger partial charge in [0.15, 0.2) is 0 Å².